The molecule has 1 aliphatic rings. The molecular weight excluding hydrogens is 248 g/mol. The minimum absolute atomic E-state index is 0.0443. The van der Waals surface area contributed by atoms with Crippen LogP contribution < -0.4 is 10.5 Å². The lowest BCUT2D eigenvalue weighted by Gasteiger charge is -2.33. The molecule has 6 heteroatoms. The maximum Gasteiger partial charge on any atom is 0.429 e. The molecule has 3 amide bonds. The van der Waals surface area contributed by atoms with Crippen LogP contribution in [0.5, 0.6) is 5.75 Å². The molecule has 0 saturated carbocycles. The topological polar surface area (TPSA) is 89.7 Å². The number of piperidine rings is 1. The highest BCUT2D eigenvalue weighted by molar-refractivity contribution is 6.13. The first kappa shape index (κ1) is 13.2. The Morgan fingerprint density at radius 1 is 1.32 bits per heavy atom. The number of hydrogen-bond donors (Lipinski definition) is 1. The minimum atomic E-state index is -1.22. The molecule has 100 valence electrons. The number of carbonyl (C=O) groups is 3. The van der Waals surface area contributed by atoms with Gasteiger partial charge >= 0.3 is 6.09 Å². The Labute approximate surface area is 110 Å². The van der Waals surface area contributed by atoms with Crippen molar-refractivity contribution >= 4 is 17.9 Å². The molecule has 1 fully saturated rings. The highest BCUT2D eigenvalue weighted by Crippen LogP contribution is 2.22. The molecule has 1 aliphatic heterocycles. The first-order valence-corrected chi connectivity index (χ1v) is 5.85. The molecule has 0 radical (unpaired) electrons. The number of carbonyl (C=O) groups excluding carboxylic acids is 3. The zero-order valence-corrected chi connectivity index (χ0v) is 10.5. The van der Waals surface area contributed by atoms with Gasteiger partial charge in [0.05, 0.1) is 5.54 Å². The molecule has 2 N–H and O–H groups in total. The fourth-order valence-corrected chi connectivity index (χ4v) is 1.77. The molecule has 0 aliphatic carbocycles. The van der Waals surface area contributed by atoms with E-state index < -0.39 is 23.4 Å². The number of nitrogens with zero attached hydrogens (tertiary/aromatic N) is 1. The minimum Gasteiger partial charge on any atom is -0.410 e. The summed E-state index contributed by atoms with van der Waals surface area (Å²) < 4.78 is 4.98. The number of ether oxygens (including phenoxy) is 1. The van der Waals surface area contributed by atoms with Gasteiger partial charge in [0.1, 0.15) is 5.75 Å². The summed E-state index contributed by atoms with van der Waals surface area (Å²) in [5.41, 5.74) is 4.54. The van der Waals surface area contributed by atoms with Crippen LogP contribution >= 0.6 is 0 Å². The molecule has 2 rings (SSSR count). The summed E-state index contributed by atoms with van der Waals surface area (Å²) in [5.74, 6) is -1.06. The normalized spacial score (nSPS) is 23.4. The van der Waals surface area contributed by atoms with Crippen molar-refractivity contribution in [2.75, 3.05) is 0 Å². The van der Waals surface area contributed by atoms with Gasteiger partial charge in [-0.05, 0) is 25.5 Å². The van der Waals surface area contributed by atoms with Gasteiger partial charge in [-0.2, -0.15) is 4.90 Å². The monoisotopic (exact) mass is 262 g/mol. The van der Waals surface area contributed by atoms with Crippen molar-refractivity contribution in [1.29, 1.82) is 0 Å². The number of hydrogen-bond acceptors (Lipinski definition) is 5. The van der Waals surface area contributed by atoms with E-state index in [2.05, 4.69) is 0 Å². The molecule has 1 aromatic rings. The third-order valence-electron chi connectivity index (χ3n) is 2.93. The van der Waals surface area contributed by atoms with Crippen LogP contribution in [0.2, 0.25) is 0 Å². The van der Waals surface area contributed by atoms with Crippen molar-refractivity contribution in [3.05, 3.63) is 30.3 Å². The van der Waals surface area contributed by atoms with E-state index in [1.807, 2.05) is 0 Å². The van der Waals surface area contributed by atoms with Gasteiger partial charge in [0.2, 0.25) is 5.91 Å². The quantitative estimate of drug-likeness (QED) is 0.764. The molecule has 1 heterocycles. The maximum absolute atomic E-state index is 12.0. The van der Waals surface area contributed by atoms with Crippen LogP contribution in [-0.2, 0) is 9.59 Å². The van der Waals surface area contributed by atoms with E-state index in [1.54, 1.807) is 30.3 Å². The van der Waals surface area contributed by atoms with Crippen molar-refractivity contribution in [3.63, 3.8) is 0 Å². The highest BCUT2D eigenvalue weighted by atomic mass is 16.6. The number of likely N-dealkylation sites (tertiary alicyclic amines) is 1. The summed E-state index contributed by atoms with van der Waals surface area (Å²) in [6.45, 7) is 1.49. The standard InChI is InChI=1S/C13H14N2O4/c1-13(14)8-7-10(16)15(11(13)17)12(18)19-9-5-3-2-4-6-9/h2-6H,7-8,14H2,1H3. The Bertz CT molecular complexity index is 525. The fourth-order valence-electron chi connectivity index (χ4n) is 1.77. The van der Waals surface area contributed by atoms with E-state index in [4.69, 9.17) is 10.5 Å². The lowest BCUT2D eigenvalue weighted by Crippen LogP contribution is -2.61. The van der Waals surface area contributed by atoms with Gasteiger partial charge in [-0.15, -0.1) is 0 Å². The van der Waals surface area contributed by atoms with Gasteiger partial charge in [-0.1, -0.05) is 18.2 Å². The smallest absolute Gasteiger partial charge is 0.410 e. The summed E-state index contributed by atoms with van der Waals surface area (Å²) >= 11 is 0. The molecule has 0 bridgehead atoms. The van der Waals surface area contributed by atoms with E-state index in [1.165, 1.54) is 6.92 Å². The summed E-state index contributed by atoms with van der Waals surface area (Å²) in [7, 11) is 0. The van der Waals surface area contributed by atoms with Crippen LogP contribution in [0.1, 0.15) is 19.8 Å². The summed E-state index contributed by atoms with van der Waals surface area (Å²) in [6.07, 6.45) is -0.750. The van der Waals surface area contributed by atoms with E-state index in [9.17, 15) is 14.4 Å². The Balaban J connectivity index is 2.17. The lowest BCUT2D eigenvalue weighted by molar-refractivity contribution is -0.149. The predicted octanol–water partition coefficient (Wildman–Crippen LogP) is 1.05. The molecule has 1 saturated heterocycles. The van der Waals surface area contributed by atoms with Crippen molar-refractivity contribution in [2.45, 2.75) is 25.3 Å². The van der Waals surface area contributed by atoms with Crippen LogP contribution in [0.15, 0.2) is 30.3 Å². The zero-order chi connectivity index (χ0) is 14.0. The van der Waals surface area contributed by atoms with Gasteiger partial charge in [-0.3, -0.25) is 9.59 Å². The van der Waals surface area contributed by atoms with Gasteiger partial charge < -0.3 is 10.5 Å². The Morgan fingerprint density at radius 3 is 2.58 bits per heavy atom. The van der Waals surface area contributed by atoms with Crippen molar-refractivity contribution in [1.82, 2.24) is 4.90 Å². The van der Waals surface area contributed by atoms with Crippen LogP contribution in [0.4, 0.5) is 4.79 Å². The number of rotatable bonds is 1. The molecule has 0 spiro atoms. The fraction of sp³-hybridized carbons (Fsp3) is 0.308. The summed E-state index contributed by atoms with van der Waals surface area (Å²) in [4.78, 5) is 36.0. The Kier molecular flexibility index (Phi) is 3.35. The largest absolute Gasteiger partial charge is 0.429 e. The average Bonchev–Trinajstić information content (AvgIpc) is 2.36. The van der Waals surface area contributed by atoms with Gasteiger partial charge in [0.15, 0.2) is 0 Å². The molecule has 0 aromatic heterocycles. The number of amides is 3. The zero-order valence-electron chi connectivity index (χ0n) is 10.5. The van der Waals surface area contributed by atoms with Crippen LogP contribution in [-0.4, -0.2) is 28.3 Å². The third kappa shape index (κ3) is 2.63. The molecule has 1 unspecified atom stereocenters. The van der Waals surface area contributed by atoms with E-state index in [-0.39, 0.29) is 18.6 Å². The number of benzene rings is 1. The van der Waals surface area contributed by atoms with E-state index in [0.717, 1.165) is 0 Å². The van der Waals surface area contributed by atoms with Crippen LogP contribution in [0.3, 0.4) is 0 Å². The number of para-hydroxylation sites is 1. The second-order valence-corrected chi connectivity index (χ2v) is 4.63. The third-order valence-corrected chi connectivity index (χ3v) is 2.93. The maximum atomic E-state index is 12.0. The second kappa shape index (κ2) is 4.81. The summed E-state index contributed by atoms with van der Waals surface area (Å²) in [5, 5.41) is 0. The van der Waals surface area contributed by atoms with Gasteiger partial charge in [-0.25, -0.2) is 4.79 Å². The summed E-state index contributed by atoms with van der Waals surface area (Å²) in [6, 6.07) is 8.22. The first-order valence-electron chi connectivity index (χ1n) is 5.85. The van der Waals surface area contributed by atoms with Gasteiger partial charge in [0.25, 0.3) is 5.91 Å². The van der Waals surface area contributed by atoms with Crippen LogP contribution in [0.25, 0.3) is 0 Å². The van der Waals surface area contributed by atoms with E-state index in [0.29, 0.717) is 4.90 Å². The Hall–Kier alpha value is -2.21. The molecule has 19 heavy (non-hydrogen) atoms. The molecule has 1 atom stereocenters. The number of nitrogens with two attached hydrogens (primary N) is 1. The van der Waals surface area contributed by atoms with Crippen molar-refractivity contribution in [3.8, 4) is 5.75 Å². The molecular formula is C13H14N2O4. The lowest BCUT2D eigenvalue weighted by atomic mass is 9.91. The SMILES string of the molecule is CC1(N)CCC(=O)N(C(=O)Oc2ccccc2)C1=O. The van der Waals surface area contributed by atoms with E-state index >= 15 is 0 Å². The molecule has 1 aromatic carbocycles. The van der Waals surface area contributed by atoms with Crippen molar-refractivity contribution < 1.29 is 19.1 Å². The Morgan fingerprint density at radius 2 is 1.95 bits per heavy atom. The van der Waals surface area contributed by atoms with Crippen LogP contribution in [0, 0.1) is 0 Å². The highest BCUT2D eigenvalue weighted by Gasteiger charge is 2.44. The second-order valence-electron chi connectivity index (χ2n) is 4.63. The average molecular weight is 262 g/mol. The molecule has 6 nitrogen and oxygen atoms in total. The number of imide groups is 3. The predicted molar refractivity (Wildman–Crippen MR) is 66.1 cm³/mol. The van der Waals surface area contributed by atoms with Gasteiger partial charge in [0, 0.05) is 6.42 Å². The van der Waals surface area contributed by atoms with Crippen molar-refractivity contribution in [2.24, 2.45) is 5.73 Å². The first-order chi connectivity index (χ1) is 8.92.